The molecular weight excluding hydrogens is 444 g/mol. The van der Waals surface area contributed by atoms with Crippen molar-refractivity contribution in [3.05, 3.63) is 78.0 Å². The van der Waals surface area contributed by atoms with Crippen molar-refractivity contribution < 1.29 is 9.47 Å². The van der Waals surface area contributed by atoms with Gasteiger partial charge in [0.15, 0.2) is 17.4 Å². The molecule has 2 aromatic heterocycles. The van der Waals surface area contributed by atoms with Crippen LogP contribution in [0.3, 0.4) is 0 Å². The fourth-order valence-electron chi connectivity index (χ4n) is 3.46. The van der Waals surface area contributed by atoms with Gasteiger partial charge in [-0.25, -0.2) is 20.0 Å². The molecule has 0 saturated carbocycles. The van der Waals surface area contributed by atoms with Crippen LogP contribution in [-0.4, -0.2) is 50.9 Å². The molecule has 0 spiro atoms. The molecule has 4 rings (SSSR count). The van der Waals surface area contributed by atoms with Gasteiger partial charge in [0.2, 0.25) is 0 Å². The second-order valence-electron chi connectivity index (χ2n) is 7.72. The Hall–Kier alpha value is -4.18. The lowest BCUT2D eigenvalue weighted by Gasteiger charge is -2.15. The summed E-state index contributed by atoms with van der Waals surface area (Å²) in [5.74, 6) is 1.90. The summed E-state index contributed by atoms with van der Waals surface area (Å²) in [6, 6.07) is 8.02. The van der Waals surface area contributed by atoms with Crippen molar-refractivity contribution in [1.82, 2.24) is 24.8 Å². The first-order valence-electron chi connectivity index (χ1n) is 11.2. The topological polar surface area (TPSA) is 102 Å². The van der Waals surface area contributed by atoms with Gasteiger partial charge in [-0.05, 0) is 25.5 Å². The van der Waals surface area contributed by atoms with E-state index in [2.05, 4.69) is 25.4 Å². The second-order valence-corrected chi connectivity index (χ2v) is 7.72. The summed E-state index contributed by atoms with van der Waals surface area (Å²) in [6.07, 6.45) is 10.9. The highest BCUT2D eigenvalue weighted by atomic mass is 16.5. The molecule has 1 aromatic carbocycles. The van der Waals surface area contributed by atoms with Crippen LogP contribution in [0.15, 0.2) is 82.2 Å². The zero-order chi connectivity index (χ0) is 24.6. The number of ether oxygens (including phenoxy) is 2. The lowest BCUT2D eigenvalue weighted by atomic mass is 10.1. The van der Waals surface area contributed by atoms with Gasteiger partial charge in [0.25, 0.3) is 0 Å². The molecule has 3 heterocycles. The average molecular weight is 473 g/mol. The van der Waals surface area contributed by atoms with Crippen LogP contribution in [0.5, 0.6) is 5.75 Å². The van der Waals surface area contributed by atoms with E-state index in [1.807, 2.05) is 63.5 Å². The van der Waals surface area contributed by atoms with E-state index in [0.717, 1.165) is 28.1 Å². The molecular formula is C25H28N8O2. The minimum Gasteiger partial charge on any atom is -0.488 e. The Morgan fingerprint density at radius 2 is 1.94 bits per heavy atom. The van der Waals surface area contributed by atoms with Crippen LogP contribution in [-0.2, 0) is 18.3 Å². The van der Waals surface area contributed by atoms with E-state index >= 15 is 0 Å². The minimum absolute atomic E-state index is 0.451. The first-order chi connectivity index (χ1) is 17.1. The highest BCUT2D eigenvalue weighted by molar-refractivity contribution is 6.01. The van der Waals surface area contributed by atoms with Crippen molar-refractivity contribution in [3.8, 4) is 17.1 Å². The first-order valence-corrected chi connectivity index (χ1v) is 11.2. The maximum atomic E-state index is 5.55. The molecule has 0 unspecified atom stereocenters. The molecule has 10 heteroatoms. The molecule has 0 radical (unpaired) electrons. The van der Waals surface area contributed by atoms with Crippen LogP contribution < -0.4 is 4.74 Å². The number of aromatic nitrogens is 4. The zero-order valence-electron chi connectivity index (χ0n) is 20.3. The maximum Gasteiger partial charge on any atom is 0.179 e. The lowest BCUT2D eigenvalue weighted by Crippen LogP contribution is -2.22. The predicted octanol–water partition coefficient (Wildman–Crippen LogP) is 4.45. The molecule has 10 nitrogen and oxygen atoms in total. The highest BCUT2D eigenvalue weighted by Gasteiger charge is 2.23. The predicted molar refractivity (Wildman–Crippen MR) is 133 cm³/mol. The Labute approximate surface area is 204 Å². The molecule has 0 aliphatic carbocycles. The number of hydrogen-bond donors (Lipinski definition) is 0. The van der Waals surface area contributed by atoms with E-state index < -0.39 is 0 Å². The summed E-state index contributed by atoms with van der Waals surface area (Å²) in [5, 5.41) is 14.7. The summed E-state index contributed by atoms with van der Waals surface area (Å²) in [6.45, 7) is 5.33. The number of benzene rings is 1. The van der Waals surface area contributed by atoms with E-state index in [9.17, 15) is 0 Å². The molecule has 35 heavy (non-hydrogen) atoms. The summed E-state index contributed by atoms with van der Waals surface area (Å²) >= 11 is 0. The van der Waals surface area contributed by atoms with E-state index in [1.165, 1.54) is 0 Å². The molecule has 1 aliphatic rings. The van der Waals surface area contributed by atoms with Crippen molar-refractivity contribution in [3.63, 3.8) is 0 Å². The molecule has 1 aliphatic heterocycles. The summed E-state index contributed by atoms with van der Waals surface area (Å²) in [7, 11) is 3.51. The number of aliphatic imine (C=N–C) groups is 1. The van der Waals surface area contributed by atoms with E-state index in [0.29, 0.717) is 37.2 Å². The molecule has 0 saturated heterocycles. The van der Waals surface area contributed by atoms with Crippen molar-refractivity contribution in [2.75, 3.05) is 20.3 Å². The fraction of sp³-hybridized carbons (Fsp3) is 0.280. The fourth-order valence-corrected chi connectivity index (χ4v) is 3.46. The van der Waals surface area contributed by atoms with Crippen LogP contribution >= 0.6 is 0 Å². The summed E-state index contributed by atoms with van der Waals surface area (Å²) in [5.41, 5.74) is 4.38. The number of methoxy groups -OCH3 is 1. The van der Waals surface area contributed by atoms with Gasteiger partial charge in [-0.2, -0.15) is 5.10 Å². The van der Waals surface area contributed by atoms with Gasteiger partial charge in [-0.1, -0.05) is 35.6 Å². The molecule has 0 bridgehead atoms. The molecule has 0 atom stereocenters. The maximum absolute atomic E-state index is 5.55. The third-order valence-corrected chi connectivity index (χ3v) is 5.21. The van der Waals surface area contributed by atoms with Gasteiger partial charge in [0, 0.05) is 31.5 Å². The number of allylic oxidation sites excluding steroid dienone is 2. The zero-order valence-corrected chi connectivity index (χ0v) is 20.3. The van der Waals surface area contributed by atoms with Crippen LogP contribution in [0.2, 0.25) is 0 Å². The monoisotopic (exact) mass is 472 g/mol. The smallest absolute Gasteiger partial charge is 0.179 e. The van der Waals surface area contributed by atoms with Gasteiger partial charge < -0.3 is 9.47 Å². The van der Waals surface area contributed by atoms with Crippen molar-refractivity contribution in [1.29, 1.82) is 0 Å². The van der Waals surface area contributed by atoms with Crippen molar-refractivity contribution in [2.24, 2.45) is 22.4 Å². The third kappa shape index (κ3) is 5.85. The van der Waals surface area contributed by atoms with E-state index in [1.54, 1.807) is 35.4 Å². The SMILES string of the molecule is CC=C1N=NN(Cc2cccc(-c3ncc(OCCOC)cn3)c2)/C1=N/C(=C\C)c1cnn(C)c1. The van der Waals surface area contributed by atoms with E-state index in [4.69, 9.17) is 14.5 Å². The second kappa shape index (κ2) is 11.3. The lowest BCUT2D eigenvalue weighted by molar-refractivity contribution is 0.146. The van der Waals surface area contributed by atoms with Gasteiger partial charge in [-0.15, -0.1) is 5.11 Å². The van der Waals surface area contributed by atoms with Crippen LogP contribution in [0.25, 0.3) is 17.1 Å². The Bertz CT molecular complexity index is 1270. The van der Waals surface area contributed by atoms with E-state index in [-0.39, 0.29) is 0 Å². The van der Waals surface area contributed by atoms with Gasteiger partial charge >= 0.3 is 0 Å². The number of rotatable bonds is 9. The van der Waals surface area contributed by atoms with Crippen LogP contribution in [0.4, 0.5) is 0 Å². The summed E-state index contributed by atoms with van der Waals surface area (Å²) < 4.78 is 12.3. The Balaban J connectivity index is 1.53. The number of nitrogens with zero attached hydrogens (tertiary/aromatic N) is 8. The normalized spacial score (nSPS) is 16.0. The van der Waals surface area contributed by atoms with Crippen LogP contribution in [0, 0.1) is 0 Å². The van der Waals surface area contributed by atoms with Crippen molar-refractivity contribution >= 4 is 11.5 Å². The van der Waals surface area contributed by atoms with Gasteiger partial charge in [-0.3, -0.25) is 4.68 Å². The molecule has 0 N–H and O–H groups in total. The minimum atomic E-state index is 0.451. The molecule has 3 aromatic rings. The van der Waals surface area contributed by atoms with Crippen molar-refractivity contribution in [2.45, 2.75) is 20.4 Å². The Morgan fingerprint density at radius 1 is 1.11 bits per heavy atom. The summed E-state index contributed by atoms with van der Waals surface area (Å²) in [4.78, 5) is 13.8. The number of aryl methyl sites for hydroxylation is 1. The third-order valence-electron chi connectivity index (χ3n) is 5.21. The van der Waals surface area contributed by atoms with Crippen LogP contribution in [0.1, 0.15) is 25.0 Å². The van der Waals surface area contributed by atoms with Gasteiger partial charge in [0.1, 0.15) is 12.3 Å². The largest absolute Gasteiger partial charge is 0.488 e. The quantitative estimate of drug-likeness (QED) is 0.427. The Morgan fingerprint density at radius 3 is 2.63 bits per heavy atom. The highest BCUT2D eigenvalue weighted by Crippen LogP contribution is 2.25. The molecule has 180 valence electrons. The Kier molecular flexibility index (Phi) is 7.74. The molecule has 0 amide bonds. The number of hydrogen-bond acceptors (Lipinski definition) is 8. The molecule has 0 fully saturated rings. The average Bonchev–Trinajstić information content (AvgIpc) is 3.48. The number of amidine groups is 1. The van der Waals surface area contributed by atoms with Gasteiger partial charge in [0.05, 0.1) is 37.4 Å². The first kappa shape index (κ1) is 24.0. The standard InChI is InChI=1S/C25H28N8O2/c1-5-22(20-13-28-32(3)17-20)29-25-23(6-2)30-31-33(25)16-18-8-7-9-19(12-18)24-26-14-21(15-27-24)35-11-10-34-4/h5-9,12-15,17H,10-11,16H2,1-4H3/b22-5-,23-6?,29-25+.